The summed E-state index contributed by atoms with van der Waals surface area (Å²) < 4.78 is 44.1. The predicted octanol–water partition coefficient (Wildman–Crippen LogP) is 8.94. The van der Waals surface area contributed by atoms with E-state index in [4.69, 9.17) is 0 Å². The zero-order valence-corrected chi connectivity index (χ0v) is 19.4. The maximum Gasteiger partial charge on any atom is 0.162 e. The van der Waals surface area contributed by atoms with Crippen LogP contribution in [0.5, 0.6) is 0 Å². The van der Waals surface area contributed by atoms with Gasteiger partial charge >= 0.3 is 0 Å². The van der Waals surface area contributed by atoms with Gasteiger partial charge in [0.25, 0.3) is 0 Å². The summed E-state index contributed by atoms with van der Waals surface area (Å²) in [4.78, 5) is 0. The molecule has 0 saturated carbocycles. The van der Waals surface area contributed by atoms with Crippen LogP contribution in [0.1, 0.15) is 74.1 Å². The fourth-order valence-corrected chi connectivity index (χ4v) is 4.82. The Bertz CT molecular complexity index is 1130. The first-order valence-corrected chi connectivity index (χ1v) is 12.0. The molecule has 2 aliphatic rings. The van der Waals surface area contributed by atoms with Crippen LogP contribution in [0.25, 0.3) is 11.1 Å². The summed E-state index contributed by atoms with van der Waals surface area (Å²) in [6.45, 7) is 4.06. The Kier molecular flexibility index (Phi) is 7.37. The van der Waals surface area contributed by atoms with E-state index in [2.05, 4.69) is 13.0 Å². The zero-order valence-electron chi connectivity index (χ0n) is 19.4. The summed E-state index contributed by atoms with van der Waals surface area (Å²) in [5, 5.41) is 0. The van der Waals surface area contributed by atoms with Crippen LogP contribution in [0.15, 0.2) is 66.8 Å². The Morgan fingerprint density at radius 2 is 1.85 bits per heavy atom. The van der Waals surface area contributed by atoms with Crippen molar-refractivity contribution < 1.29 is 13.2 Å². The van der Waals surface area contributed by atoms with Crippen molar-refractivity contribution in [3.63, 3.8) is 0 Å². The average Bonchev–Trinajstić information content (AvgIpc) is 2.85. The van der Waals surface area contributed by atoms with Crippen molar-refractivity contribution in [1.29, 1.82) is 0 Å². The highest BCUT2D eigenvalue weighted by molar-refractivity contribution is 5.77. The molecule has 1 unspecified atom stereocenters. The SMILES string of the molecule is C/C=C\Cc1ccc([C@@H]2C=CC(c3ccc(C4=CCC(CC)CC4)c(F)c3)=CC2)c(F)c1F. The third-order valence-electron chi connectivity index (χ3n) is 7.01. The second kappa shape index (κ2) is 10.4. The fraction of sp³-hybridized carbons (Fsp3) is 0.333. The molecule has 0 fully saturated rings. The van der Waals surface area contributed by atoms with Gasteiger partial charge in [-0.1, -0.05) is 74.1 Å². The van der Waals surface area contributed by atoms with E-state index in [0.717, 1.165) is 36.0 Å². The topological polar surface area (TPSA) is 0 Å². The third kappa shape index (κ3) is 5.08. The average molecular weight is 449 g/mol. The molecule has 2 atom stereocenters. The Hall–Kier alpha value is -2.81. The van der Waals surface area contributed by atoms with Crippen molar-refractivity contribution in [3.05, 3.63) is 106 Å². The van der Waals surface area contributed by atoms with Gasteiger partial charge in [-0.05, 0) is 78.8 Å². The number of hydrogen-bond donors (Lipinski definition) is 0. The predicted molar refractivity (Wildman–Crippen MR) is 131 cm³/mol. The van der Waals surface area contributed by atoms with Gasteiger partial charge in [-0.25, -0.2) is 13.2 Å². The number of benzene rings is 2. The molecular formula is C30H31F3. The highest BCUT2D eigenvalue weighted by Crippen LogP contribution is 2.36. The minimum Gasteiger partial charge on any atom is -0.206 e. The minimum atomic E-state index is -0.773. The summed E-state index contributed by atoms with van der Waals surface area (Å²) in [6.07, 6.45) is 16.7. The number of rotatable bonds is 6. The smallest absolute Gasteiger partial charge is 0.162 e. The first kappa shape index (κ1) is 23.4. The van der Waals surface area contributed by atoms with Crippen LogP contribution < -0.4 is 0 Å². The lowest BCUT2D eigenvalue weighted by atomic mass is 9.84. The van der Waals surface area contributed by atoms with Gasteiger partial charge in [0, 0.05) is 11.5 Å². The van der Waals surface area contributed by atoms with Crippen molar-refractivity contribution in [1.82, 2.24) is 0 Å². The van der Waals surface area contributed by atoms with Gasteiger partial charge < -0.3 is 0 Å². The molecule has 0 radical (unpaired) electrons. The number of hydrogen-bond acceptors (Lipinski definition) is 0. The van der Waals surface area contributed by atoms with E-state index < -0.39 is 11.6 Å². The van der Waals surface area contributed by atoms with E-state index >= 15 is 0 Å². The van der Waals surface area contributed by atoms with Crippen LogP contribution in [-0.2, 0) is 6.42 Å². The molecule has 0 heterocycles. The Morgan fingerprint density at radius 3 is 2.48 bits per heavy atom. The van der Waals surface area contributed by atoms with Gasteiger partial charge in [-0.2, -0.15) is 0 Å². The van der Waals surface area contributed by atoms with Crippen molar-refractivity contribution in [2.75, 3.05) is 0 Å². The largest absolute Gasteiger partial charge is 0.206 e. The summed E-state index contributed by atoms with van der Waals surface area (Å²) in [5.41, 5.74) is 4.24. The lowest BCUT2D eigenvalue weighted by Crippen LogP contribution is -2.06. The highest BCUT2D eigenvalue weighted by Gasteiger charge is 2.21. The first-order chi connectivity index (χ1) is 16.0. The molecule has 2 aromatic carbocycles. The normalized spacial score (nSPS) is 20.8. The van der Waals surface area contributed by atoms with Crippen LogP contribution in [0, 0.1) is 23.4 Å². The molecule has 0 spiro atoms. The van der Waals surface area contributed by atoms with Gasteiger partial charge in [0.05, 0.1) is 0 Å². The van der Waals surface area contributed by atoms with Crippen molar-refractivity contribution in [3.8, 4) is 0 Å². The van der Waals surface area contributed by atoms with Gasteiger partial charge in [-0.15, -0.1) is 0 Å². The molecular weight excluding hydrogens is 417 g/mol. The summed E-state index contributed by atoms with van der Waals surface area (Å²) in [5.74, 6) is -1.26. The number of halogens is 3. The van der Waals surface area contributed by atoms with Crippen LogP contribution in [0.2, 0.25) is 0 Å². The van der Waals surface area contributed by atoms with Crippen molar-refractivity contribution in [2.45, 2.75) is 58.3 Å². The molecule has 172 valence electrons. The molecule has 2 aromatic rings. The quantitative estimate of drug-likeness (QED) is 0.387. The van der Waals surface area contributed by atoms with Gasteiger partial charge in [0.2, 0.25) is 0 Å². The summed E-state index contributed by atoms with van der Waals surface area (Å²) in [6, 6.07) is 8.77. The van der Waals surface area contributed by atoms with E-state index in [0.29, 0.717) is 35.4 Å². The second-order valence-electron chi connectivity index (χ2n) is 9.05. The van der Waals surface area contributed by atoms with Gasteiger partial charge in [0.1, 0.15) is 5.82 Å². The minimum absolute atomic E-state index is 0.199. The lowest BCUT2D eigenvalue weighted by Gasteiger charge is -2.21. The maximum absolute atomic E-state index is 14.9. The van der Waals surface area contributed by atoms with Crippen molar-refractivity contribution in [2.24, 2.45) is 5.92 Å². The molecule has 0 N–H and O–H groups in total. The first-order valence-electron chi connectivity index (χ1n) is 12.0. The van der Waals surface area contributed by atoms with E-state index in [1.165, 1.54) is 6.42 Å². The fourth-order valence-electron chi connectivity index (χ4n) is 4.82. The summed E-state index contributed by atoms with van der Waals surface area (Å²) in [7, 11) is 0. The highest BCUT2D eigenvalue weighted by atomic mass is 19.2. The molecule has 33 heavy (non-hydrogen) atoms. The van der Waals surface area contributed by atoms with Crippen LogP contribution >= 0.6 is 0 Å². The standard InChI is InChI=1S/C30H31F3/c1-3-5-6-24-15-18-27(30(33)29(24)32)23-13-11-21(12-14-23)25-16-17-26(28(31)19-25)22-9-7-20(4-2)8-10-22/h3,5,9,11-13,15-20,23H,4,6-8,10,14H2,1-2H3/b5-3-/t20?,23-/m1/s1. The summed E-state index contributed by atoms with van der Waals surface area (Å²) >= 11 is 0. The monoisotopic (exact) mass is 448 g/mol. The lowest BCUT2D eigenvalue weighted by molar-refractivity contribution is 0.470. The molecule has 0 saturated heterocycles. The van der Waals surface area contributed by atoms with E-state index in [1.807, 2.05) is 49.4 Å². The van der Waals surface area contributed by atoms with Gasteiger partial charge in [-0.3, -0.25) is 0 Å². The number of allylic oxidation sites excluding steroid dienone is 8. The third-order valence-corrected chi connectivity index (χ3v) is 7.01. The zero-order chi connectivity index (χ0) is 23.4. The van der Waals surface area contributed by atoms with Gasteiger partial charge in [0.15, 0.2) is 11.6 Å². The van der Waals surface area contributed by atoms with E-state index in [9.17, 15) is 13.2 Å². The van der Waals surface area contributed by atoms with Crippen LogP contribution in [0.3, 0.4) is 0 Å². The van der Waals surface area contributed by atoms with Crippen LogP contribution in [0.4, 0.5) is 13.2 Å². The molecule has 3 heteroatoms. The van der Waals surface area contributed by atoms with Crippen molar-refractivity contribution >= 4 is 11.1 Å². The Morgan fingerprint density at radius 1 is 1.00 bits per heavy atom. The second-order valence-corrected chi connectivity index (χ2v) is 9.05. The Labute approximate surface area is 195 Å². The molecule has 2 aliphatic carbocycles. The molecule has 0 aliphatic heterocycles. The maximum atomic E-state index is 14.9. The Balaban J connectivity index is 1.49. The van der Waals surface area contributed by atoms with Crippen LogP contribution in [-0.4, -0.2) is 0 Å². The molecule has 0 nitrogen and oxygen atoms in total. The van der Waals surface area contributed by atoms with E-state index in [1.54, 1.807) is 18.2 Å². The molecule has 0 amide bonds. The molecule has 0 aromatic heterocycles. The van der Waals surface area contributed by atoms with E-state index in [-0.39, 0.29) is 11.7 Å². The molecule has 4 rings (SSSR count). The molecule has 0 bridgehead atoms.